The van der Waals surface area contributed by atoms with Crippen molar-refractivity contribution in [1.82, 2.24) is 0 Å². The number of unbranched alkanes of at least 4 members (excludes halogenated alkanes) is 3. The quantitative estimate of drug-likeness (QED) is 0.743. The molecule has 0 fully saturated rings. The van der Waals surface area contributed by atoms with E-state index < -0.39 is 6.09 Å². The van der Waals surface area contributed by atoms with Gasteiger partial charge in [-0.15, -0.1) is 0 Å². The van der Waals surface area contributed by atoms with E-state index in [1.54, 1.807) is 0 Å². The Hall–Kier alpha value is -1.51. The summed E-state index contributed by atoms with van der Waals surface area (Å²) in [5, 5.41) is 9.11. The maximum Gasteiger partial charge on any atom is 0.411 e. The maximum absolute atomic E-state index is 11.1. The van der Waals surface area contributed by atoms with Gasteiger partial charge in [-0.2, -0.15) is 0 Å². The molecule has 0 atom stereocenters. The largest absolute Gasteiger partial charge is 0.465 e. The summed E-state index contributed by atoms with van der Waals surface area (Å²) in [5.41, 5.74) is 0.756. The number of amides is 1. The van der Waals surface area contributed by atoms with Gasteiger partial charge in [0.15, 0.2) is 0 Å². The van der Waals surface area contributed by atoms with Crippen LogP contribution in [0.1, 0.15) is 32.6 Å². The van der Waals surface area contributed by atoms with Crippen LogP contribution in [0.2, 0.25) is 0 Å². The lowest BCUT2D eigenvalue weighted by Crippen LogP contribution is -2.30. The second-order valence-electron chi connectivity index (χ2n) is 3.83. The van der Waals surface area contributed by atoms with Crippen LogP contribution in [0.15, 0.2) is 30.3 Å². The van der Waals surface area contributed by atoms with Crippen molar-refractivity contribution in [1.29, 1.82) is 0 Å². The Balaban J connectivity index is 2.52. The van der Waals surface area contributed by atoms with Gasteiger partial charge in [0.1, 0.15) is 0 Å². The van der Waals surface area contributed by atoms with Gasteiger partial charge in [0, 0.05) is 12.2 Å². The topological polar surface area (TPSA) is 40.5 Å². The Morgan fingerprint density at radius 1 is 1.19 bits per heavy atom. The van der Waals surface area contributed by atoms with Crippen molar-refractivity contribution in [2.45, 2.75) is 32.6 Å². The summed E-state index contributed by atoms with van der Waals surface area (Å²) in [7, 11) is 0. The molecular formula is C13H19NO2. The summed E-state index contributed by atoms with van der Waals surface area (Å²) in [6.07, 6.45) is 3.48. The number of hydrogen-bond donors (Lipinski definition) is 1. The average molecular weight is 221 g/mol. The van der Waals surface area contributed by atoms with E-state index in [0.29, 0.717) is 6.54 Å². The highest BCUT2D eigenvalue weighted by atomic mass is 16.4. The van der Waals surface area contributed by atoms with E-state index in [9.17, 15) is 4.79 Å². The Labute approximate surface area is 96.7 Å². The number of anilines is 1. The number of rotatable bonds is 6. The molecule has 3 heteroatoms. The zero-order valence-corrected chi connectivity index (χ0v) is 9.72. The highest BCUT2D eigenvalue weighted by Crippen LogP contribution is 2.14. The molecule has 1 aromatic carbocycles. The standard InChI is InChI=1S/C13H19NO2/c1-2-3-4-8-11-14(13(15)16)12-9-6-5-7-10-12/h5-7,9-10H,2-4,8,11H2,1H3,(H,15,16). The van der Waals surface area contributed by atoms with Gasteiger partial charge in [-0.1, -0.05) is 44.4 Å². The molecule has 88 valence electrons. The number of hydrogen-bond acceptors (Lipinski definition) is 1. The maximum atomic E-state index is 11.1. The molecule has 0 radical (unpaired) electrons. The van der Waals surface area contributed by atoms with Gasteiger partial charge in [0.25, 0.3) is 0 Å². The molecule has 1 rings (SSSR count). The number of carbonyl (C=O) groups is 1. The van der Waals surface area contributed by atoms with Gasteiger partial charge >= 0.3 is 6.09 Å². The van der Waals surface area contributed by atoms with Gasteiger partial charge in [0.2, 0.25) is 0 Å². The van der Waals surface area contributed by atoms with E-state index in [1.807, 2.05) is 30.3 Å². The summed E-state index contributed by atoms with van der Waals surface area (Å²) in [4.78, 5) is 12.5. The van der Waals surface area contributed by atoms with Gasteiger partial charge < -0.3 is 5.11 Å². The molecule has 0 aromatic heterocycles. The Bertz CT molecular complexity index is 311. The molecule has 3 nitrogen and oxygen atoms in total. The number of benzene rings is 1. The van der Waals surface area contributed by atoms with Crippen molar-refractivity contribution in [3.05, 3.63) is 30.3 Å². The lowest BCUT2D eigenvalue weighted by atomic mass is 10.2. The molecule has 0 bridgehead atoms. The molecule has 16 heavy (non-hydrogen) atoms. The Morgan fingerprint density at radius 2 is 1.88 bits per heavy atom. The predicted molar refractivity (Wildman–Crippen MR) is 66.0 cm³/mol. The van der Waals surface area contributed by atoms with E-state index in [0.717, 1.165) is 18.5 Å². The molecule has 1 aromatic rings. The van der Waals surface area contributed by atoms with Crippen LogP contribution < -0.4 is 4.90 Å². The summed E-state index contributed by atoms with van der Waals surface area (Å²) in [6.45, 7) is 2.73. The summed E-state index contributed by atoms with van der Waals surface area (Å²) in [6, 6.07) is 9.26. The molecular weight excluding hydrogens is 202 g/mol. The van der Waals surface area contributed by atoms with Crippen LogP contribution in [-0.4, -0.2) is 17.7 Å². The van der Waals surface area contributed by atoms with Crippen LogP contribution in [0.25, 0.3) is 0 Å². The van der Waals surface area contributed by atoms with Crippen molar-refractivity contribution in [3.63, 3.8) is 0 Å². The first-order valence-electron chi connectivity index (χ1n) is 5.81. The van der Waals surface area contributed by atoms with Gasteiger partial charge in [-0.05, 0) is 18.6 Å². The highest BCUT2D eigenvalue weighted by Gasteiger charge is 2.12. The van der Waals surface area contributed by atoms with E-state index >= 15 is 0 Å². The molecule has 0 heterocycles. The molecule has 0 aliphatic carbocycles. The van der Waals surface area contributed by atoms with Gasteiger partial charge in [-0.3, -0.25) is 4.90 Å². The lowest BCUT2D eigenvalue weighted by Gasteiger charge is -2.18. The number of para-hydroxylation sites is 1. The first-order chi connectivity index (χ1) is 7.75. The van der Waals surface area contributed by atoms with E-state index in [2.05, 4.69) is 6.92 Å². The van der Waals surface area contributed by atoms with Crippen LogP contribution in [0.5, 0.6) is 0 Å². The van der Waals surface area contributed by atoms with Crippen LogP contribution in [0, 0.1) is 0 Å². The fourth-order valence-corrected chi connectivity index (χ4v) is 1.64. The Kier molecular flexibility index (Phi) is 5.40. The summed E-state index contributed by atoms with van der Waals surface area (Å²) >= 11 is 0. The number of nitrogens with zero attached hydrogens (tertiary/aromatic N) is 1. The average Bonchev–Trinajstić information content (AvgIpc) is 2.30. The van der Waals surface area contributed by atoms with E-state index in [1.165, 1.54) is 17.7 Å². The van der Waals surface area contributed by atoms with Crippen molar-refractivity contribution in [2.75, 3.05) is 11.4 Å². The van der Waals surface area contributed by atoms with E-state index in [4.69, 9.17) is 5.11 Å². The highest BCUT2D eigenvalue weighted by molar-refractivity contribution is 5.85. The first-order valence-corrected chi connectivity index (χ1v) is 5.81. The third-order valence-corrected chi connectivity index (χ3v) is 2.53. The van der Waals surface area contributed by atoms with Crippen molar-refractivity contribution < 1.29 is 9.90 Å². The smallest absolute Gasteiger partial charge is 0.411 e. The molecule has 1 N–H and O–H groups in total. The molecule has 0 unspecified atom stereocenters. The zero-order valence-electron chi connectivity index (χ0n) is 9.72. The summed E-state index contributed by atoms with van der Waals surface area (Å²) in [5.74, 6) is 0. The minimum Gasteiger partial charge on any atom is -0.465 e. The fraction of sp³-hybridized carbons (Fsp3) is 0.462. The second-order valence-corrected chi connectivity index (χ2v) is 3.83. The zero-order chi connectivity index (χ0) is 11.8. The van der Waals surface area contributed by atoms with Gasteiger partial charge in [-0.25, -0.2) is 4.79 Å². The van der Waals surface area contributed by atoms with Crippen molar-refractivity contribution in [2.24, 2.45) is 0 Å². The fourth-order valence-electron chi connectivity index (χ4n) is 1.64. The molecule has 1 amide bonds. The van der Waals surface area contributed by atoms with Crippen LogP contribution in [-0.2, 0) is 0 Å². The normalized spacial score (nSPS) is 10.1. The molecule has 0 saturated heterocycles. The molecule has 0 aliphatic heterocycles. The third-order valence-electron chi connectivity index (χ3n) is 2.53. The van der Waals surface area contributed by atoms with Crippen LogP contribution >= 0.6 is 0 Å². The van der Waals surface area contributed by atoms with E-state index in [-0.39, 0.29) is 0 Å². The van der Waals surface area contributed by atoms with Crippen LogP contribution in [0.3, 0.4) is 0 Å². The number of carboxylic acid groups (broad SMARTS) is 1. The third kappa shape index (κ3) is 3.93. The lowest BCUT2D eigenvalue weighted by molar-refractivity contribution is 0.201. The summed E-state index contributed by atoms with van der Waals surface area (Å²) < 4.78 is 0. The monoisotopic (exact) mass is 221 g/mol. The van der Waals surface area contributed by atoms with Gasteiger partial charge in [0.05, 0.1) is 0 Å². The van der Waals surface area contributed by atoms with Crippen LogP contribution in [0.4, 0.5) is 10.5 Å². The first kappa shape index (κ1) is 12.6. The second kappa shape index (κ2) is 6.88. The molecule has 0 saturated carbocycles. The molecule has 0 spiro atoms. The molecule has 0 aliphatic rings. The Morgan fingerprint density at radius 3 is 2.44 bits per heavy atom. The SMILES string of the molecule is CCCCCCN(C(=O)O)c1ccccc1. The van der Waals surface area contributed by atoms with Crippen molar-refractivity contribution in [3.8, 4) is 0 Å². The predicted octanol–water partition coefficient (Wildman–Crippen LogP) is 3.75. The van der Waals surface area contributed by atoms with Crippen molar-refractivity contribution >= 4 is 11.8 Å². The minimum absolute atomic E-state index is 0.583. The minimum atomic E-state index is -0.873.